The van der Waals surface area contributed by atoms with Gasteiger partial charge in [0.2, 0.25) is 5.91 Å². The molecule has 0 saturated carbocycles. The highest BCUT2D eigenvalue weighted by Gasteiger charge is 2.27. The Hall–Kier alpha value is -3.22. The van der Waals surface area contributed by atoms with Gasteiger partial charge in [0.15, 0.2) is 11.5 Å². The lowest BCUT2D eigenvalue weighted by Crippen LogP contribution is -2.50. The molecule has 1 atom stereocenters. The molecule has 0 bridgehead atoms. The van der Waals surface area contributed by atoms with Crippen molar-refractivity contribution >= 4 is 11.8 Å². The van der Waals surface area contributed by atoms with Crippen LogP contribution in [-0.2, 0) is 11.3 Å². The van der Waals surface area contributed by atoms with Crippen LogP contribution < -0.4 is 19.5 Å². The van der Waals surface area contributed by atoms with E-state index >= 15 is 0 Å². The first kappa shape index (κ1) is 22.5. The molecule has 3 rings (SSSR count). The summed E-state index contributed by atoms with van der Waals surface area (Å²) in [5.41, 5.74) is 1.41. The molecule has 7 nitrogen and oxygen atoms in total. The maximum absolute atomic E-state index is 13.1. The molecule has 0 fully saturated rings. The zero-order valence-corrected chi connectivity index (χ0v) is 18.5. The molecular weight excluding hydrogens is 396 g/mol. The SMILES string of the molecule is CCOc1ccc(C(=O)N[C@H](C(=O)N(C)Cc2ccc3c(c2)OCCO3)C(C)C)cc1. The van der Waals surface area contributed by atoms with Gasteiger partial charge in [-0.05, 0) is 54.8 Å². The summed E-state index contributed by atoms with van der Waals surface area (Å²) in [7, 11) is 1.73. The third-order valence-corrected chi connectivity index (χ3v) is 5.05. The lowest BCUT2D eigenvalue weighted by Gasteiger charge is -2.27. The van der Waals surface area contributed by atoms with E-state index in [2.05, 4.69) is 5.32 Å². The molecule has 1 aliphatic heterocycles. The van der Waals surface area contributed by atoms with Gasteiger partial charge in [0, 0.05) is 19.2 Å². The van der Waals surface area contributed by atoms with E-state index in [9.17, 15) is 9.59 Å². The summed E-state index contributed by atoms with van der Waals surface area (Å²) in [6.45, 7) is 7.74. The Balaban J connectivity index is 1.65. The van der Waals surface area contributed by atoms with Gasteiger partial charge >= 0.3 is 0 Å². The number of hydrogen-bond donors (Lipinski definition) is 1. The Kier molecular flexibility index (Phi) is 7.39. The molecule has 166 valence electrons. The largest absolute Gasteiger partial charge is 0.494 e. The first-order valence-corrected chi connectivity index (χ1v) is 10.6. The minimum Gasteiger partial charge on any atom is -0.494 e. The van der Waals surface area contributed by atoms with E-state index in [1.54, 1.807) is 36.2 Å². The summed E-state index contributed by atoms with van der Waals surface area (Å²) >= 11 is 0. The molecule has 2 aromatic carbocycles. The molecule has 7 heteroatoms. The van der Waals surface area contributed by atoms with E-state index in [1.165, 1.54) is 0 Å². The van der Waals surface area contributed by atoms with Crippen molar-refractivity contribution in [2.75, 3.05) is 26.9 Å². The Labute approximate surface area is 183 Å². The fourth-order valence-corrected chi connectivity index (χ4v) is 3.38. The number of ether oxygens (including phenoxy) is 3. The minimum absolute atomic E-state index is 0.0677. The number of hydrogen-bond acceptors (Lipinski definition) is 5. The van der Waals surface area contributed by atoms with E-state index in [4.69, 9.17) is 14.2 Å². The molecule has 0 saturated heterocycles. The lowest BCUT2D eigenvalue weighted by atomic mass is 10.0. The van der Waals surface area contributed by atoms with Gasteiger partial charge < -0.3 is 24.4 Å². The zero-order valence-electron chi connectivity index (χ0n) is 18.5. The molecule has 1 heterocycles. The fraction of sp³-hybridized carbons (Fsp3) is 0.417. The van der Waals surface area contributed by atoms with Crippen LogP contribution in [0.4, 0.5) is 0 Å². The van der Waals surface area contributed by atoms with E-state index in [0.717, 1.165) is 5.56 Å². The zero-order chi connectivity index (χ0) is 22.4. The molecule has 0 radical (unpaired) electrons. The number of benzene rings is 2. The van der Waals surface area contributed by atoms with Crippen molar-refractivity contribution in [3.63, 3.8) is 0 Å². The van der Waals surface area contributed by atoms with Crippen LogP contribution >= 0.6 is 0 Å². The standard InChI is InChI=1S/C24H30N2O5/c1-5-29-19-9-7-18(8-10-19)23(27)25-22(16(2)3)24(28)26(4)15-17-6-11-20-21(14-17)31-13-12-30-20/h6-11,14,16,22H,5,12-13,15H2,1-4H3,(H,25,27)/t22-/m0/s1. The summed E-state index contributed by atoms with van der Waals surface area (Å²) in [6, 6.07) is 11.9. The van der Waals surface area contributed by atoms with Crippen LogP contribution in [0.25, 0.3) is 0 Å². The number of nitrogens with one attached hydrogen (secondary N) is 1. The average molecular weight is 427 g/mol. The quantitative estimate of drug-likeness (QED) is 0.701. The van der Waals surface area contributed by atoms with Crippen LogP contribution in [0.2, 0.25) is 0 Å². The van der Waals surface area contributed by atoms with Crippen LogP contribution in [0.5, 0.6) is 17.2 Å². The van der Waals surface area contributed by atoms with Gasteiger partial charge in [-0.25, -0.2) is 0 Å². The highest BCUT2D eigenvalue weighted by molar-refractivity contribution is 5.97. The Morgan fingerprint density at radius 2 is 1.74 bits per heavy atom. The molecule has 2 amide bonds. The lowest BCUT2D eigenvalue weighted by molar-refractivity contribution is -0.133. The molecule has 0 aliphatic carbocycles. The highest BCUT2D eigenvalue weighted by atomic mass is 16.6. The first-order chi connectivity index (χ1) is 14.9. The van der Waals surface area contributed by atoms with Crippen molar-refractivity contribution in [1.29, 1.82) is 0 Å². The normalized spacial score (nSPS) is 13.5. The van der Waals surface area contributed by atoms with E-state index in [1.807, 2.05) is 39.0 Å². The summed E-state index contributed by atoms with van der Waals surface area (Å²) in [6.07, 6.45) is 0. The molecule has 0 spiro atoms. The summed E-state index contributed by atoms with van der Waals surface area (Å²) in [4.78, 5) is 27.5. The van der Waals surface area contributed by atoms with Gasteiger partial charge in [-0.15, -0.1) is 0 Å². The van der Waals surface area contributed by atoms with Gasteiger partial charge in [0.05, 0.1) is 6.61 Å². The smallest absolute Gasteiger partial charge is 0.251 e. The average Bonchev–Trinajstić information content (AvgIpc) is 2.77. The van der Waals surface area contributed by atoms with Crippen molar-refractivity contribution < 1.29 is 23.8 Å². The van der Waals surface area contributed by atoms with Gasteiger partial charge in [-0.3, -0.25) is 9.59 Å². The maximum atomic E-state index is 13.1. The van der Waals surface area contributed by atoms with Crippen LogP contribution in [0, 0.1) is 5.92 Å². The van der Waals surface area contributed by atoms with Gasteiger partial charge in [-0.2, -0.15) is 0 Å². The second kappa shape index (κ2) is 10.2. The molecule has 31 heavy (non-hydrogen) atoms. The van der Waals surface area contributed by atoms with E-state index in [-0.39, 0.29) is 17.7 Å². The van der Waals surface area contributed by atoms with E-state index in [0.29, 0.717) is 49.2 Å². The van der Waals surface area contributed by atoms with Crippen LogP contribution in [0.3, 0.4) is 0 Å². The summed E-state index contributed by atoms with van der Waals surface area (Å²) in [5, 5.41) is 2.88. The molecule has 0 aromatic heterocycles. The minimum atomic E-state index is -0.638. The fourth-order valence-electron chi connectivity index (χ4n) is 3.38. The topological polar surface area (TPSA) is 77.1 Å². The molecule has 1 N–H and O–H groups in total. The summed E-state index contributed by atoms with van der Waals surface area (Å²) in [5.74, 6) is 1.60. The van der Waals surface area contributed by atoms with Crippen LogP contribution in [0.15, 0.2) is 42.5 Å². The maximum Gasteiger partial charge on any atom is 0.251 e. The molecule has 1 aliphatic rings. The second-order valence-electron chi connectivity index (χ2n) is 7.82. The van der Waals surface area contributed by atoms with Crippen molar-refractivity contribution in [3.05, 3.63) is 53.6 Å². The summed E-state index contributed by atoms with van der Waals surface area (Å²) < 4.78 is 16.6. The predicted octanol–water partition coefficient (Wildman–Crippen LogP) is 3.27. The predicted molar refractivity (Wildman–Crippen MR) is 118 cm³/mol. The number of rotatable bonds is 8. The first-order valence-electron chi connectivity index (χ1n) is 10.6. The van der Waals surface area contributed by atoms with Crippen LogP contribution in [-0.4, -0.2) is 49.6 Å². The van der Waals surface area contributed by atoms with Gasteiger partial charge in [0.25, 0.3) is 5.91 Å². The van der Waals surface area contributed by atoms with Crippen molar-refractivity contribution in [2.24, 2.45) is 5.92 Å². The Morgan fingerprint density at radius 1 is 1.06 bits per heavy atom. The van der Waals surface area contributed by atoms with Crippen molar-refractivity contribution in [3.8, 4) is 17.2 Å². The third-order valence-electron chi connectivity index (χ3n) is 5.05. The number of fused-ring (bicyclic) bond motifs is 1. The number of amides is 2. The number of carbonyl (C=O) groups excluding carboxylic acids is 2. The third kappa shape index (κ3) is 5.69. The number of likely N-dealkylation sites (N-methyl/N-ethyl adjacent to an activating group) is 1. The Morgan fingerprint density at radius 3 is 2.39 bits per heavy atom. The monoisotopic (exact) mass is 426 g/mol. The molecule has 0 unspecified atom stereocenters. The van der Waals surface area contributed by atoms with Gasteiger partial charge in [-0.1, -0.05) is 19.9 Å². The second-order valence-corrected chi connectivity index (χ2v) is 7.82. The number of carbonyl (C=O) groups is 2. The van der Waals surface area contributed by atoms with Gasteiger partial charge in [0.1, 0.15) is 25.0 Å². The highest BCUT2D eigenvalue weighted by Crippen LogP contribution is 2.31. The Bertz CT molecular complexity index is 911. The van der Waals surface area contributed by atoms with Crippen LogP contribution in [0.1, 0.15) is 36.7 Å². The molecular formula is C24H30N2O5. The van der Waals surface area contributed by atoms with Crippen molar-refractivity contribution in [2.45, 2.75) is 33.4 Å². The molecule has 2 aromatic rings. The van der Waals surface area contributed by atoms with E-state index < -0.39 is 6.04 Å². The van der Waals surface area contributed by atoms with Crippen molar-refractivity contribution in [1.82, 2.24) is 10.2 Å². The number of nitrogens with zero attached hydrogens (tertiary/aromatic N) is 1.